The van der Waals surface area contributed by atoms with E-state index < -0.39 is 0 Å². The lowest BCUT2D eigenvalue weighted by atomic mass is 10.2. The first-order valence-electron chi connectivity index (χ1n) is 5.55. The molecule has 0 saturated heterocycles. The van der Waals surface area contributed by atoms with Gasteiger partial charge in [0.1, 0.15) is 10.6 Å². The molecule has 0 radical (unpaired) electrons. The fourth-order valence-corrected chi connectivity index (χ4v) is 2.48. The van der Waals surface area contributed by atoms with Gasteiger partial charge < -0.3 is 10.5 Å². The van der Waals surface area contributed by atoms with Gasteiger partial charge in [-0.05, 0) is 18.4 Å². The van der Waals surface area contributed by atoms with Crippen LogP contribution in [0.1, 0.15) is 10.4 Å². The molecule has 1 aromatic carbocycles. The quantitative estimate of drug-likeness (QED) is 0.290. The van der Waals surface area contributed by atoms with Crippen LogP contribution in [-0.4, -0.2) is 33.2 Å². The number of nitrogens with one attached hydrogen (secondary N) is 1. The molecule has 0 aliphatic rings. The largest absolute Gasteiger partial charge is 0.493 e. The summed E-state index contributed by atoms with van der Waals surface area (Å²) < 4.78 is 0. The number of hydrogen-bond acceptors (Lipinski definition) is 7. The molecule has 0 atom stereocenters. The Bertz CT molecular complexity index is 645. The van der Waals surface area contributed by atoms with Crippen molar-refractivity contribution in [3.05, 3.63) is 29.8 Å². The van der Waals surface area contributed by atoms with E-state index in [1.807, 2.05) is 30.5 Å². The van der Waals surface area contributed by atoms with Crippen LogP contribution >= 0.6 is 23.5 Å². The van der Waals surface area contributed by atoms with Gasteiger partial charge in [-0.1, -0.05) is 23.9 Å². The molecule has 0 fully saturated rings. The van der Waals surface area contributed by atoms with Crippen LogP contribution in [0.15, 0.2) is 34.2 Å². The Balaban J connectivity index is 2.50. The van der Waals surface area contributed by atoms with Crippen molar-refractivity contribution in [2.75, 3.05) is 6.26 Å². The number of thioether (sulfide) groups is 2. The van der Waals surface area contributed by atoms with E-state index in [1.54, 1.807) is 11.8 Å². The van der Waals surface area contributed by atoms with E-state index in [1.165, 1.54) is 0 Å². The van der Waals surface area contributed by atoms with Crippen LogP contribution in [0.25, 0.3) is 11.4 Å². The number of carbonyl (C=O) groups is 1. The molecule has 0 unspecified atom stereocenters. The third kappa shape index (κ3) is 3.00. The van der Waals surface area contributed by atoms with Crippen molar-refractivity contribution in [1.82, 2.24) is 9.97 Å². The summed E-state index contributed by atoms with van der Waals surface area (Å²) in [6, 6.07) is 7.55. The molecule has 0 saturated carbocycles. The molecule has 2 rings (SSSR count). The average Bonchev–Trinajstić information content (AvgIpc) is 2.47. The second kappa shape index (κ2) is 6.53. The summed E-state index contributed by atoms with van der Waals surface area (Å²) >= 11 is 2.58. The first-order valence-corrected chi connectivity index (χ1v) is 7.66. The van der Waals surface area contributed by atoms with Crippen LogP contribution in [0.4, 0.5) is 0 Å². The fraction of sp³-hybridized carbons (Fsp3) is 0.0769. The average molecular weight is 305 g/mol. The van der Waals surface area contributed by atoms with Crippen molar-refractivity contribution in [2.24, 2.45) is 0 Å². The van der Waals surface area contributed by atoms with E-state index in [2.05, 4.69) is 9.97 Å². The van der Waals surface area contributed by atoms with Crippen molar-refractivity contribution < 1.29 is 9.90 Å². The van der Waals surface area contributed by atoms with Crippen molar-refractivity contribution in [1.29, 1.82) is 5.41 Å². The molecule has 2 N–H and O–H groups in total. The molecule has 0 spiro atoms. The predicted octanol–water partition coefficient (Wildman–Crippen LogP) is 3.08. The first kappa shape index (κ1) is 14.5. The van der Waals surface area contributed by atoms with Crippen molar-refractivity contribution in [2.45, 2.75) is 9.92 Å². The number of aldehydes is 1. The molecular weight excluding hydrogens is 294 g/mol. The Labute approximate surface area is 124 Å². The van der Waals surface area contributed by atoms with Gasteiger partial charge in [0, 0.05) is 10.5 Å². The van der Waals surface area contributed by atoms with E-state index in [4.69, 9.17) is 5.41 Å². The van der Waals surface area contributed by atoms with Gasteiger partial charge >= 0.3 is 0 Å². The number of nitrogens with zero attached hydrogens (tertiary/aromatic N) is 2. The van der Waals surface area contributed by atoms with Gasteiger partial charge in [0.05, 0.1) is 5.55 Å². The number of rotatable bonds is 5. The summed E-state index contributed by atoms with van der Waals surface area (Å²) in [5, 5.41) is 17.1. The van der Waals surface area contributed by atoms with Gasteiger partial charge in [0.2, 0.25) is 5.88 Å². The monoisotopic (exact) mass is 305 g/mol. The Morgan fingerprint density at radius 1 is 1.25 bits per heavy atom. The number of benzene rings is 1. The van der Waals surface area contributed by atoms with Crippen LogP contribution in [0.2, 0.25) is 0 Å². The fourth-order valence-electron chi connectivity index (χ4n) is 1.56. The minimum atomic E-state index is -0.372. The maximum absolute atomic E-state index is 10.9. The zero-order valence-corrected chi connectivity index (χ0v) is 12.2. The second-order valence-corrected chi connectivity index (χ2v) is 5.41. The van der Waals surface area contributed by atoms with E-state index >= 15 is 0 Å². The van der Waals surface area contributed by atoms with Gasteiger partial charge in [0.25, 0.3) is 0 Å². The summed E-state index contributed by atoms with van der Waals surface area (Å²) in [6.45, 7) is 0. The van der Waals surface area contributed by atoms with E-state index in [0.29, 0.717) is 12.1 Å². The normalized spacial score (nSPS) is 10.2. The molecule has 2 aromatic rings. The SMILES string of the molecule is CSc1ccc(-c2nc(O)c(C=O)c(SC=N)n2)cc1. The van der Waals surface area contributed by atoms with Crippen LogP contribution in [0.5, 0.6) is 5.88 Å². The number of carbonyl (C=O) groups excluding carboxylic acids is 1. The Kier molecular flexibility index (Phi) is 4.75. The molecule has 0 aliphatic heterocycles. The van der Waals surface area contributed by atoms with Crippen LogP contribution < -0.4 is 0 Å². The first-order chi connectivity index (χ1) is 9.69. The van der Waals surface area contributed by atoms with Gasteiger partial charge in [-0.15, -0.1) is 11.8 Å². The minimum Gasteiger partial charge on any atom is -0.493 e. The number of hydrogen-bond donors (Lipinski definition) is 2. The lowest BCUT2D eigenvalue weighted by Crippen LogP contribution is -1.98. The van der Waals surface area contributed by atoms with Crippen LogP contribution in [0, 0.1) is 5.41 Å². The van der Waals surface area contributed by atoms with Gasteiger partial charge in [-0.3, -0.25) is 4.79 Å². The van der Waals surface area contributed by atoms with Crippen LogP contribution in [-0.2, 0) is 0 Å². The summed E-state index contributed by atoms with van der Waals surface area (Å²) in [6.07, 6.45) is 2.47. The molecule has 102 valence electrons. The molecular formula is C13H11N3O2S2. The highest BCUT2D eigenvalue weighted by molar-refractivity contribution is 8.12. The third-order valence-electron chi connectivity index (χ3n) is 2.53. The zero-order chi connectivity index (χ0) is 14.5. The minimum absolute atomic E-state index is 0.00276. The summed E-state index contributed by atoms with van der Waals surface area (Å²) in [4.78, 5) is 20.2. The molecule has 1 heterocycles. The van der Waals surface area contributed by atoms with Gasteiger partial charge in [0.15, 0.2) is 12.1 Å². The molecule has 20 heavy (non-hydrogen) atoms. The number of aromatic hydroxyl groups is 1. The van der Waals surface area contributed by atoms with Crippen molar-refractivity contribution in [3.63, 3.8) is 0 Å². The molecule has 0 amide bonds. The van der Waals surface area contributed by atoms with Crippen LogP contribution in [0.3, 0.4) is 0 Å². The Hall–Kier alpha value is -1.86. The van der Waals surface area contributed by atoms with E-state index in [-0.39, 0.29) is 16.5 Å². The Morgan fingerprint density at radius 2 is 1.95 bits per heavy atom. The van der Waals surface area contributed by atoms with E-state index in [0.717, 1.165) is 27.8 Å². The maximum atomic E-state index is 10.9. The summed E-state index contributed by atoms with van der Waals surface area (Å²) in [5.74, 6) is -0.0478. The van der Waals surface area contributed by atoms with Gasteiger partial charge in [-0.25, -0.2) is 4.98 Å². The van der Waals surface area contributed by atoms with Crippen molar-refractivity contribution in [3.8, 4) is 17.3 Å². The molecule has 0 bridgehead atoms. The highest BCUT2D eigenvalue weighted by atomic mass is 32.2. The van der Waals surface area contributed by atoms with E-state index in [9.17, 15) is 9.90 Å². The summed E-state index contributed by atoms with van der Waals surface area (Å²) in [7, 11) is 0. The second-order valence-electron chi connectivity index (χ2n) is 3.67. The predicted molar refractivity (Wildman–Crippen MR) is 80.9 cm³/mol. The summed E-state index contributed by atoms with van der Waals surface area (Å²) in [5.41, 5.74) is 1.79. The maximum Gasteiger partial charge on any atom is 0.226 e. The number of aromatic nitrogens is 2. The molecule has 1 aromatic heterocycles. The standard InChI is InChI=1S/C13H11N3O2S2/c1-19-9-4-2-8(3-5-9)11-15-12(18)10(6-17)13(16-11)20-7-14/h2-7,14H,1H3,(H,15,16,18). The molecule has 7 heteroatoms. The smallest absolute Gasteiger partial charge is 0.226 e. The topological polar surface area (TPSA) is 86.9 Å². The highest BCUT2D eigenvalue weighted by Gasteiger charge is 2.14. The van der Waals surface area contributed by atoms with Crippen molar-refractivity contribution >= 4 is 35.4 Å². The third-order valence-corrected chi connectivity index (χ3v) is 3.92. The van der Waals surface area contributed by atoms with Gasteiger partial charge in [-0.2, -0.15) is 4.98 Å². The highest BCUT2D eigenvalue weighted by Crippen LogP contribution is 2.28. The Morgan fingerprint density at radius 3 is 2.50 bits per heavy atom. The lowest BCUT2D eigenvalue weighted by molar-refractivity contribution is 0.111. The lowest BCUT2D eigenvalue weighted by Gasteiger charge is -2.06. The molecule has 5 nitrogen and oxygen atoms in total. The molecule has 0 aliphatic carbocycles. The zero-order valence-electron chi connectivity index (χ0n) is 10.5.